The second-order valence-electron chi connectivity index (χ2n) is 19.4. The summed E-state index contributed by atoms with van der Waals surface area (Å²) in [5.41, 5.74) is 1.36. The summed E-state index contributed by atoms with van der Waals surface area (Å²) in [7, 11) is 0. The molecule has 3 aromatic rings. The third-order valence-corrected chi connectivity index (χ3v) is 16.4. The summed E-state index contributed by atoms with van der Waals surface area (Å²) in [5, 5.41) is 14.0. The molecule has 7 rings (SSSR count). The quantitative estimate of drug-likeness (QED) is 0.0335. The normalized spacial score (nSPS) is 19.3. The molecule has 2 unspecified atom stereocenters. The van der Waals surface area contributed by atoms with Gasteiger partial charge in [0, 0.05) is 78.7 Å². The Labute approximate surface area is 423 Å². The van der Waals surface area contributed by atoms with Gasteiger partial charge in [-0.2, -0.15) is 0 Å². The number of carbonyl (C=O) groups excluding carboxylic acids is 5. The van der Waals surface area contributed by atoms with Crippen molar-refractivity contribution in [3.63, 3.8) is 0 Å². The Bertz CT molecular complexity index is 2500. The van der Waals surface area contributed by atoms with Crippen molar-refractivity contribution < 1.29 is 52.5 Å². The molecular weight excluding hydrogens is 952 g/mol. The van der Waals surface area contributed by atoms with Crippen LogP contribution in [0.1, 0.15) is 163 Å². The van der Waals surface area contributed by atoms with E-state index in [9.17, 15) is 38.7 Å². The van der Waals surface area contributed by atoms with Gasteiger partial charge in [0.1, 0.15) is 47.3 Å². The predicted molar refractivity (Wildman–Crippen MR) is 271 cm³/mol. The van der Waals surface area contributed by atoms with E-state index in [1.165, 1.54) is 47.2 Å². The average Bonchev–Trinajstić information content (AvgIpc) is 3.86. The number of β-lactam (4-membered cyclic amide) rings is 1. The number of benzene rings is 1. The molecule has 0 radical (unpaired) electrons. The molecule has 2 N–H and O–H groups in total. The molecule has 0 saturated carbocycles. The van der Waals surface area contributed by atoms with Crippen molar-refractivity contribution in [1.29, 1.82) is 0 Å². The first-order chi connectivity index (χ1) is 34.2. The van der Waals surface area contributed by atoms with E-state index in [1.807, 2.05) is 29.3 Å². The number of hydrogen-bond donors (Lipinski definition) is 2. The lowest BCUT2D eigenvalue weighted by atomic mass is 9.93. The van der Waals surface area contributed by atoms with E-state index in [4.69, 9.17) is 14.2 Å². The smallest absolute Gasteiger partial charge is 0.355 e. The summed E-state index contributed by atoms with van der Waals surface area (Å²) >= 11 is 2.89. The molecular formula is C53H69FN4O11S2. The fourth-order valence-electron chi connectivity index (χ4n) is 10.3. The molecule has 1 aromatic carbocycles. The number of halogens is 1. The fraction of sp³-hybridized carbons (Fsp3) is 0.604. The number of piperidine rings is 1. The number of anilines is 1. The lowest BCUT2D eigenvalue weighted by molar-refractivity contribution is -0.156. The summed E-state index contributed by atoms with van der Waals surface area (Å²) < 4.78 is 34.9. The molecule has 15 nitrogen and oxygen atoms in total. The molecule has 2 amide bonds. The van der Waals surface area contributed by atoms with Crippen LogP contribution in [0, 0.1) is 5.82 Å². The van der Waals surface area contributed by atoms with Crippen LogP contribution >= 0.6 is 23.1 Å². The number of fused-ring (bicyclic) bond motifs is 1. The highest BCUT2D eigenvalue weighted by molar-refractivity contribution is 8.00. The maximum Gasteiger partial charge on any atom is 0.355 e. The van der Waals surface area contributed by atoms with E-state index in [0.717, 1.165) is 87.5 Å². The van der Waals surface area contributed by atoms with Gasteiger partial charge in [-0.1, -0.05) is 70.8 Å². The van der Waals surface area contributed by atoms with Gasteiger partial charge in [-0.15, -0.1) is 23.1 Å². The number of nitrogens with zero attached hydrogens (tertiary/aromatic N) is 3. The zero-order valence-electron chi connectivity index (χ0n) is 41.3. The molecule has 0 spiro atoms. The highest BCUT2D eigenvalue weighted by Crippen LogP contribution is 2.42. The maximum absolute atomic E-state index is 15.8. The van der Waals surface area contributed by atoms with Crippen molar-refractivity contribution >= 4 is 75.4 Å². The second kappa shape index (κ2) is 25.4. The van der Waals surface area contributed by atoms with Gasteiger partial charge in [-0.3, -0.25) is 28.9 Å². The van der Waals surface area contributed by atoms with Crippen molar-refractivity contribution in [3.8, 4) is 0 Å². The van der Waals surface area contributed by atoms with Gasteiger partial charge in [0.25, 0.3) is 5.91 Å². The molecule has 71 heavy (non-hydrogen) atoms. The Morgan fingerprint density at radius 2 is 1.63 bits per heavy atom. The number of aromatic nitrogens is 1. The zero-order valence-corrected chi connectivity index (χ0v) is 42.9. The number of carboxylic acid groups (broad SMARTS) is 1. The van der Waals surface area contributed by atoms with Crippen LogP contribution in [0.25, 0.3) is 10.9 Å². The Balaban J connectivity index is 0.808. The Hall–Kier alpha value is -5.23. The number of nitrogens with one attached hydrogen (secondary N) is 1. The SMILES string of the molecule is CCCCCCC(CCCCCCCCCCC(=O)OC1CCN(c2c(F)cc3c(=O)c(C(=O)O)cn4c3c2CCC4C)CC1)OC(=O)C1=C(COC(C)=O)CS[C@H]2[C@@H](NC(=O)Cc3cccs3)C(=O)N12. The molecule has 2 fully saturated rings. The van der Waals surface area contributed by atoms with Crippen LogP contribution in [0.5, 0.6) is 0 Å². The standard InChI is InChI=1S/C53H69FN4O11S2/c1-4-5-6-13-17-36(69-53(66)46-35(31-67-34(3)59)32-71-51-45(50(63)58(46)51)55-43(60)28-38-19-16-27-70-38)18-14-11-9-7-8-10-12-15-20-44(61)68-37-23-25-56(26-24-37)48-39-22-21-33(2)57-30-41(52(64)65)49(62)40(47(39)57)29-42(48)54/h16,19,27,29-30,33,36-37,45,51H,4-15,17-18,20-26,28,31-32H2,1-3H3,(H,55,60)(H,64,65)/t33?,36?,45-,51-/m0/s1. The molecule has 6 heterocycles. The second-order valence-corrected chi connectivity index (χ2v) is 21.6. The molecule has 4 aliphatic rings. The monoisotopic (exact) mass is 1020 g/mol. The fourth-order valence-corrected chi connectivity index (χ4v) is 12.3. The molecule has 18 heteroatoms. The highest BCUT2D eigenvalue weighted by Gasteiger charge is 2.54. The number of aromatic carboxylic acids is 1. The number of unbranched alkanes of at least 4 members (excludes halogenated alkanes) is 10. The number of hydrogen-bond acceptors (Lipinski definition) is 13. The van der Waals surface area contributed by atoms with Gasteiger partial charge in [0.2, 0.25) is 11.3 Å². The number of ether oxygens (including phenoxy) is 3. The first-order valence-corrected chi connectivity index (χ1v) is 27.6. The Morgan fingerprint density at radius 1 is 0.944 bits per heavy atom. The lowest BCUT2D eigenvalue weighted by Gasteiger charge is -2.49. The van der Waals surface area contributed by atoms with Gasteiger partial charge in [0.15, 0.2) is 0 Å². The molecule has 0 aliphatic carbocycles. The lowest BCUT2D eigenvalue weighted by Crippen LogP contribution is -2.70. The van der Waals surface area contributed by atoms with Crippen molar-refractivity contribution in [2.45, 2.75) is 179 Å². The number of aryl methyl sites for hydroxylation is 1. The van der Waals surface area contributed by atoms with E-state index in [-0.39, 0.29) is 65.7 Å². The number of esters is 3. The Kier molecular flexibility index (Phi) is 19.2. The first-order valence-electron chi connectivity index (χ1n) is 25.7. The predicted octanol–water partition coefficient (Wildman–Crippen LogP) is 9.16. The maximum atomic E-state index is 15.8. The van der Waals surface area contributed by atoms with Crippen LogP contribution in [0.4, 0.5) is 10.1 Å². The van der Waals surface area contributed by atoms with Gasteiger partial charge in [0.05, 0.1) is 17.6 Å². The Morgan fingerprint density at radius 3 is 2.30 bits per heavy atom. The van der Waals surface area contributed by atoms with Crippen LogP contribution in [0.15, 0.2) is 45.8 Å². The van der Waals surface area contributed by atoms with Crippen molar-refractivity contribution in [3.05, 3.63) is 73.1 Å². The van der Waals surface area contributed by atoms with Gasteiger partial charge in [-0.25, -0.2) is 14.0 Å². The average molecular weight is 1020 g/mol. The topological polar surface area (TPSA) is 191 Å². The largest absolute Gasteiger partial charge is 0.477 e. The van der Waals surface area contributed by atoms with E-state index in [0.29, 0.717) is 80.6 Å². The molecule has 4 aliphatic heterocycles. The number of carboxylic acids is 1. The number of carbonyl (C=O) groups is 6. The van der Waals surface area contributed by atoms with Crippen molar-refractivity contribution in [2.24, 2.45) is 0 Å². The van der Waals surface area contributed by atoms with E-state index in [1.54, 1.807) is 4.57 Å². The van der Waals surface area contributed by atoms with Crippen LogP contribution in [-0.2, 0) is 51.0 Å². The van der Waals surface area contributed by atoms with Crippen LogP contribution in [0.3, 0.4) is 0 Å². The third kappa shape index (κ3) is 13.4. The van der Waals surface area contributed by atoms with Gasteiger partial charge in [-0.05, 0) is 69.4 Å². The molecule has 386 valence electrons. The van der Waals surface area contributed by atoms with Crippen molar-refractivity contribution in [1.82, 2.24) is 14.8 Å². The number of rotatable bonds is 26. The summed E-state index contributed by atoms with van der Waals surface area (Å²) in [5.74, 6) is -3.49. The molecule has 2 aromatic heterocycles. The zero-order chi connectivity index (χ0) is 50.6. The van der Waals surface area contributed by atoms with E-state index in [2.05, 4.69) is 12.2 Å². The summed E-state index contributed by atoms with van der Waals surface area (Å²) in [4.78, 5) is 94.1. The van der Waals surface area contributed by atoms with E-state index >= 15 is 4.39 Å². The minimum Gasteiger partial charge on any atom is -0.477 e. The van der Waals surface area contributed by atoms with Crippen LogP contribution < -0.4 is 15.6 Å². The number of pyridine rings is 1. The number of amides is 2. The summed E-state index contributed by atoms with van der Waals surface area (Å²) in [6, 6.07) is 4.11. The number of thioether (sulfide) groups is 1. The minimum absolute atomic E-state index is 0.0386. The van der Waals surface area contributed by atoms with Crippen molar-refractivity contribution in [2.75, 3.05) is 30.3 Å². The first kappa shape index (κ1) is 53.6. The highest BCUT2D eigenvalue weighted by atomic mass is 32.2. The van der Waals surface area contributed by atoms with Crippen LogP contribution in [0.2, 0.25) is 0 Å². The van der Waals surface area contributed by atoms with Gasteiger partial charge >= 0.3 is 23.9 Å². The minimum atomic E-state index is -1.33. The number of thiophene rings is 1. The summed E-state index contributed by atoms with van der Waals surface area (Å²) in [6.45, 7) is 6.26. The van der Waals surface area contributed by atoms with Gasteiger partial charge < -0.3 is 34.1 Å². The van der Waals surface area contributed by atoms with Crippen LogP contribution in [-0.4, -0.2) is 99.3 Å². The molecule has 4 atom stereocenters. The van der Waals surface area contributed by atoms with E-state index < -0.39 is 40.6 Å². The molecule has 2 saturated heterocycles. The third-order valence-electron chi connectivity index (χ3n) is 14.1. The molecule has 0 bridgehead atoms. The summed E-state index contributed by atoms with van der Waals surface area (Å²) in [6.07, 6.45) is 16.9.